The third-order valence-electron chi connectivity index (χ3n) is 4.74. The fourth-order valence-electron chi connectivity index (χ4n) is 3.27. The first-order valence-corrected chi connectivity index (χ1v) is 11.1. The molecule has 0 unspecified atom stereocenters. The zero-order chi connectivity index (χ0) is 19.6. The van der Waals surface area contributed by atoms with E-state index in [9.17, 15) is 13.2 Å². The van der Waals surface area contributed by atoms with Crippen molar-refractivity contribution < 1.29 is 13.2 Å². The Kier molecular flexibility index (Phi) is 6.00. The van der Waals surface area contributed by atoms with Crippen LogP contribution in [0.4, 0.5) is 0 Å². The molecular formula is C19H25N3O3S2. The summed E-state index contributed by atoms with van der Waals surface area (Å²) in [5, 5.41) is 0. The number of benzene rings is 1. The fraction of sp³-hybridized carbons (Fsp3) is 0.421. The first-order chi connectivity index (χ1) is 12.8. The van der Waals surface area contributed by atoms with E-state index >= 15 is 0 Å². The highest BCUT2D eigenvalue weighted by atomic mass is 32.2. The summed E-state index contributed by atoms with van der Waals surface area (Å²) in [6, 6.07) is 12.8. The zero-order valence-corrected chi connectivity index (χ0v) is 17.5. The number of rotatable bonds is 5. The number of sulfonamides is 1. The van der Waals surface area contributed by atoms with Crippen molar-refractivity contribution in [2.45, 2.75) is 17.2 Å². The summed E-state index contributed by atoms with van der Waals surface area (Å²) in [7, 11) is 0.0345. The third-order valence-corrected chi connectivity index (χ3v) is 8.10. The summed E-state index contributed by atoms with van der Waals surface area (Å²) in [4.78, 5) is 17.4. The monoisotopic (exact) mass is 407 g/mol. The van der Waals surface area contributed by atoms with Crippen LogP contribution in [0.1, 0.15) is 16.5 Å². The van der Waals surface area contributed by atoms with Gasteiger partial charge in [0.15, 0.2) is 0 Å². The highest BCUT2D eigenvalue weighted by molar-refractivity contribution is 7.91. The summed E-state index contributed by atoms with van der Waals surface area (Å²) in [5.41, 5.74) is 0.932. The molecule has 1 fully saturated rings. The lowest BCUT2D eigenvalue weighted by Crippen LogP contribution is -2.52. The van der Waals surface area contributed by atoms with Gasteiger partial charge in [0.2, 0.25) is 5.91 Å². The molecule has 0 saturated carbocycles. The Labute approximate surface area is 165 Å². The summed E-state index contributed by atoms with van der Waals surface area (Å²) in [5.74, 6) is 0.00592. The van der Waals surface area contributed by atoms with Gasteiger partial charge in [0.25, 0.3) is 10.0 Å². The molecule has 1 atom stereocenters. The van der Waals surface area contributed by atoms with Crippen LogP contribution in [0, 0.1) is 6.92 Å². The maximum atomic E-state index is 12.8. The van der Waals surface area contributed by atoms with Crippen LogP contribution in [0.15, 0.2) is 46.7 Å². The van der Waals surface area contributed by atoms with Crippen molar-refractivity contribution in [3.05, 3.63) is 52.9 Å². The highest BCUT2D eigenvalue weighted by Crippen LogP contribution is 2.28. The van der Waals surface area contributed by atoms with Crippen LogP contribution in [-0.4, -0.2) is 68.7 Å². The summed E-state index contributed by atoms with van der Waals surface area (Å²) < 4.78 is 27.6. The number of aryl methyl sites for hydroxylation is 1. The van der Waals surface area contributed by atoms with E-state index in [0.29, 0.717) is 30.4 Å². The Morgan fingerprint density at radius 1 is 1.04 bits per heavy atom. The molecular weight excluding hydrogens is 382 g/mol. The second-order valence-corrected chi connectivity index (χ2v) is 10.3. The molecule has 3 rings (SSSR count). The maximum absolute atomic E-state index is 12.8. The molecule has 2 heterocycles. The molecule has 1 saturated heterocycles. The van der Waals surface area contributed by atoms with Gasteiger partial charge in [-0.2, -0.15) is 4.31 Å². The number of hydrogen-bond acceptors (Lipinski definition) is 5. The molecule has 0 bridgehead atoms. The van der Waals surface area contributed by atoms with Crippen LogP contribution < -0.4 is 0 Å². The lowest BCUT2D eigenvalue weighted by atomic mass is 10.0. The third kappa shape index (κ3) is 4.24. The zero-order valence-electron chi connectivity index (χ0n) is 15.8. The van der Waals surface area contributed by atoms with E-state index in [-0.39, 0.29) is 5.91 Å². The molecule has 1 amide bonds. The van der Waals surface area contributed by atoms with Crippen LogP contribution in [0.3, 0.4) is 0 Å². The van der Waals surface area contributed by atoms with Crippen LogP contribution >= 0.6 is 11.3 Å². The van der Waals surface area contributed by atoms with E-state index in [2.05, 4.69) is 4.90 Å². The first kappa shape index (κ1) is 20.0. The minimum Gasteiger partial charge on any atom is -0.347 e. The normalized spacial score (nSPS) is 17.6. The average Bonchev–Trinajstić information content (AvgIpc) is 3.10. The van der Waals surface area contributed by atoms with Crippen LogP contribution in [-0.2, 0) is 14.8 Å². The van der Waals surface area contributed by atoms with Crippen molar-refractivity contribution in [3.63, 3.8) is 0 Å². The molecule has 2 aromatic rings. The molecule has 8 heteroatoms. The van der Waals surface area contributed by atoms with Gasteiger partial charge in [0.05, 0.1) is 0 Å². The topological polar surface area (TPSA) is 60.9 Å². The van der Waals surface area contributed by atoms with E-state index < -0.39 is 16.1 Å². The van der Waals surface area contributed by atoms with Crippen molar-refractivity contribution in [2.24, 2.45) is 0 Å². The number of thiophene rings is 1. The quantitative estimate of drug-likeness (QED) is 0.762. The van der Waals surface area contributed by atoms with E-state index in [1.165, 1.54) is 15.6 Å². The van der Waals surface area contributed by atoms with E-state index in [4.69, 9.17) is 0 Å². The minimum atomic E-state index is -3.46. The summed E-state index contributed by atoms with van der Waals surface area (Å²) >= 11 is 1.30. The Morgan fingerprint density at radius 2 is 1.67 bits per heavy atom. The average molecular weight is 408 g/mol. The van der Waals surface area contributed by atoms with Crippen LogP contribution in [0.5, 0.6) is 0 Å². The molecule has 0 spiro atoms. The predicted octanol–water partition coefficient (Wildman–Crippen LogP) is 2.19. The second kappa shape index (κ2) is 8.10. The van der Waals surface area contributed by atoms with E-state index in [0.717, 1.165) is 10.4 Å². The smallest absolute Gasteiger partial charge is 0.252 e. The molecule has 1 aliphatic rings. The lowest BCUT2D eigenvalue weighted by molar-refractivity contribution is -0.135. The molecule has 27 heavy (non-hydrogen) atoms. The van der Waals surface area contributed by atoms with Crippen LogP contribution in [0.25, 0.3) is 0 Å². The van der Waals surface area contributed by atoms with Gasteiger partial charge in [-0.25, -0.2) is 8.42 Å². The molecule has 6 nitrogen and oxygen atoms in total. The van der Waals surface area contributed by atoms with E-state index in [1.807, 2.05) is 43.3 Å². The van der Waals surface area contributed by atoms with Crippen molar-refractivity contribution in [1.82, 2.24) is 14.1 Å². The fourth-order valence-corrected chi connectivity index (χ4v) is 6.13. The predicted molar refractivity (Wildman–Crippen MR) is 107 cm³/mol. The number of nitrogens with zero attached hydrogens (tertiary/aromatic N) is 3. The Balaban J connectivity index is 1.77. The summed E-state index contributed by atoms with van der Waals surface area (Å²) in [6.07, 6.45) is 0. The van der Waals surface area contributed by atoms with E-state index in [1.54, 1.807) is 25.1 Å². The molecule has 0 radical (unpaired) electrons. The van der Waals surface area contributed by atoms with Gasteiger partial charge in [-0.3, -0.25) is 9.69 Å². The first-order valence-electron chi connectivity index (χ1n) is 8.87. The standard InChI is InChI=1S/C19H25N3O3S2/c1-15-9-10-17(26-15)27(24,25)22-13-11-21(12-14-22)18(19(23)20(2)3)16-7-5-4-6-8-16/h4-10,18H,11-14H2,1-3H3/t18-/m1/s1. The SMILES string of the molecule is Cc1ccc(S(=O)(=O)N2CCN([C@@H](C(=O)N(C)C)c3ccccc3)CC2)s1. The van der Waals surface area contributed by atoms with Gasteiger partial charge in [-0.15, -0.1) is 11.3 Å². The number of amides is 1. The number of piperazine rings is 1. The highest BCUT2D eigenvalue weighted by Gasteiger charge is 2.35. The molecule has 0 aliphatic carbocycles. The van der Waals surface area contributed by atoms with Crippen LogP contribution in [0.2, 0.25) is 0 Å². The van der Waals surface area contributed by atoms with Crippen molar-refractivity contribution in [1.29, 1.82) is 0 Å². The second-order valence-electron chi connectivity index (χ2n) is 6.85. The Hall–Kier alpha value is -1.74. The van der Waals surface area contributed by atoms with Crippen molar-refractivity contribution >= 4 is 27.3 Å². The molecule has 1 aliphatic heterocycles. The molecule has 146 valence electrons. The van der Waals surface area contributed by atoms with Gasteiger partial charge in [0, 0.05) is 45.2 Å². The maximum Gasteiger partial charge on any atom is 0.252 e. The number of hydrogen-bond donors (Lipinski definition) is 0. The lowest BCUT2D eigenvalue weighted by Gasteiger charge is -2.38. The molecule has 1 aromatic heterocycles. The summed E-state index contributed by atoms with van der Waals surface area (Å²) in [6.45, 7) is 3.69. The Morgan fingerprint density at radius 3 is 2.19 bits per heavy atom. The van der Waals surface area contributed by atoms with Gasteiger partial charge in [0.1, 0.15) is 10.3 Å². The van der Waals surface area contributed by atoms with Gasteiger partial charge in [-0.05, 0) is 24.6 Å². The van der Waals surface area contributed by atoms with Crippen molar-refractivity contribution in [3.8, 4) is 0 Å². The van der Waals surface area contributed by atoms with Gasteiger partial charge in [-0.1, -0.05) is 30.3 Å². The Bertz CT molecular complexity index is 886. The molecule has 0 N–H and O–H groups in total. The number of likely N-dealkylation sites (N-methyl/N-ethyl adjacent to an activating group) is 1. The molecule has 1 aromatic carbocycles. The number of carbonyl (C=O) groups excluding carboxylic acids is 1. The van der Waals surface area contributed by atoms with Crippen molar-refractivity contribution in [2.75, 3.05) is 40.3 Å². The number of carbonyl (C=O) groups is 1. The van der Waals surface area contributed by atoms with Gasteiger partial charge >= 0.3 is 0 Å². The largest absolute Gasteiger partial charge is 0.347 e. The minimum absolute atomic E-state index is 0.00592. The van der Waals surface area contributed by atoms with Gasteiger partial charge < -0.3 is 4.90 Å².